The number of hydrogen-bond acceptors (Lipinski definition) is 4. The maximum Gasteiger partial charge on any atom is 0.336 e. The molecule has 1 aromatic heterocycles. The average molecular weight is 365 g/mol. The summed E-state index contributed by atoms with van der Waals surface area (Å²) in [5.74, 6) is -0.0458. The zero-order valence-electron chi connectivity index (χ0n) is 15.4. The van der Waals surface area contributed by atoms with Gasteiger partial charge in [0.05, 0.1) is 6.54 Å². The normalized spacial score (nSPS) is 12.0. The second-order valence-electron chi connectivity index (χ2n) is 7.29. The number of halogens is 1. The van der Waals surface area contributed by atoms with Crippen LogP contribution in [0.2, 0.25) is 5.02 Å². The van der Waals surface area contributed by atoms with Gasteiger partial charge in [0.1, 0.15) is 5.58 Å². The summed E-state index contributed by atoms with van der Waals surface area (Å²) < 4.78 is 5.29. The van der Waals surface area contributed by atoms with E-state index in [9.17, 15) is 9.59 Å². The summed E-state index contributed by atoms with van der Waals surface area (Å²) in [6.45, 7) is 11.1. The van der Waals surface area contributed by atoms with E-state index >= 15 is 0 Å². The second-order valence-corrected chi connectivity index (χ2v) is 7.70. The minimum Gasteiger partial charge on any atom is -0.423 e. The minimum absolute atomic E-state index is 0.0458. The Kier molecular flexibility index (Phi) is 5.91. The van der Waals surface area contributed by atoms with Crippen LogP contribution in [0.4, 0.5) is 0 Å². The first-order valence-electron chi connectivity index (χ1n) is 8.35. The molecule has 0 spiro atoms. The Morgan fingerprint density at radius 3 is 2.56 bits per heavy atom. The van der Waals surface area contributed by atoms with E-state index < -0.39 is 5.63 Å². The molecule has 0 saturated carbocycles. The van der Waals surface area contributed by atoms with Crippen LogP contribution in [0.15, 0.2) is 27.4 Å². The molecule has 6 heteroatoms. The van der Waals surface area contributed by atoms with E-state index in [2.05, 4.69) is 5.32 Å². The van der Waals surface area contributed by atoms with Crippen LogP contribution in [-0.2, 0) is 11.3 Å². The fourth-order valence-electron chi connectivity index (χ4n) is 2.66. The molecule has 1 amide bonds. The van der Waals surface area contributed by atoms with E-state index in [1.807, 2.05) is 45.6 Å². The Hall–Kier alpha value is -1.85. The molecule has 1 N–H and O–H groups in total. The number of amides is 1. The molecular weight excluding hydrogens is 340 g/mol. The maximum atomic E-state index is 12.2. The number of carbonyl (C=O) groups is 1. The smallest absolute Gasteiger partial charge is 0.336 e. The molecule has 0 aliphatic carbocycles. The van der Waals surface area contributed by atoms with Gasteiger partial charge < -0.3 is 9.73 Å². The van der Waals surface area contributed by atoms with Gasteiger partial charge in [0.15, 0.2) is 0 Å². The van der Waals surface area contributed by atoms with Crippen molar-refractivity contribution in [1.29, 1.82) is 0 Å². The Balaban J connectivity index is 2.29. The summed E-state index contributed by atoms with van der Waals surface area (Å²) in [7, 11) is 0. The number of rotatable bonds is 5. The molecule has 0 bridgehead atoms. The summed E-state index contributed by atoms with van der Waals surface area (Å²) in [4.78, 5) is 26.1. The molecule has 0 fully saturated rings. The number of nitrogens with zero attached hydrogens (tertiary/aromatic N) is 1. The number of aryl methyl sites for hydroxylation is 1. The molecule has 136 valence electrons. The Morgan fingerprint density at radius 1 is 1.28 bits per heavy atom. The van der Waals surface area contributed by atoms with Gasteiger partial charge in [0, 0.05) is 28.6 Å². The number of likely N-dealkylation sites (N-methyl/N-ethyl adjacent to an activating group) is 1. The van der Waals surface area contributed by atoms with Gasteiger partial charge in [-0.3, -0.25) is 9.69 Å². The van der Waals surface area contributed by atoms with Crippen LogP contribution in [0, 0.1) is 6.92 Å². The van der Waals surface area contributed by atoms with Crippen LogP contribution in [0.3, 0.4) is 0 Å². The SMILES string of the molecule is CCN(CC(=O)NC(C)(C)C)Cc1cc(=O)oc2cc(C)c(Cl)cc12. The Labute approximate surface area is 153 Å². The van der Waals surface area contributed by atoms with Gasteiger partial charge in [-0.2, -0.15) is 0 Å². The van der Waals surface area contributed by atoms with E-state index in [0.717, 1.165) is 16.5 Å². The standard InChI is InChI=1S/C19H25ClN2O3/c1-6-22(11-17(23)21-19(3,4)5)10-13-8-18(24)25-16-7-12(2)15(20)9-14(13)16/h7-9H,6,10-11H2,1-5H3,(H,21,23). The third-order valence-corrected chi connectivity index (χ3v) is 4.24. The van der Waals surface area contributed by atoms with E-state index in [1.165, 1.54) is 6.07 Å². The summed E-state index contributed by atoms with van der Waals surface area (Å²) in [5, 5.41) is 4.37. The maximum absolute atomic E-state index is 12.2. The molecule has 25 heavy (non-hydrogen) atoms. The highest BCUT2D eigenvalue weighted by molar-refractivity contribution is 6.32. The fraction of sp³-hybridized carbons (Fsp3) is 0.474. The zero-order chi connectivity index (χ0) is 18.8. The largest absolute Gasteiger partial charge is 0.423 e. The quantitative estimate of drug-likeness (QED) is 0.825. The van der Waals surface area contributed by atoms with Gasteiger partial charge in [0.25, 0.3) is 0 Å². The lowest BCUT2D eigenvalue weighted by atomic mass is 10.1. The molecule has 1 heterocycles. The Bertz CT molecular complexity index is 837. The van der Waals surface area contributed by atoms with Crippen molar-refractivity contribution in [1.82, 2.24) is 10.2 Å². The van der Waals surface area contributed by atoms with Crippen molar-refractivity contribution in [3.8, 4) is 0 Å². The monoisotopic (exact) mass is 364 g/mol. The first-order valence-corrected chi connectivity index (χ1v) is 8.73. The van der Waals surface area contributed by atoms with Crippen LogP contribution >= 0.6 is 11.6 Å². The van der Waals surface area contributed by atoms with Gasteiger partial charge >= 0.3 is 5.63 Å². The molecule has 1 aromatic carbocycles. The van der Waals surface area contributed by atoms with E-state index in [1.54, 1.807) is 6.07 Å². The number of hydrogen-bond donors (Lipinski definition) is 1. The topological polar surface area (TPSA) is 62.6 Å². The number of nitrogens with one attached hydrogen (secondary N) is 1. The third kappa shape index (κ3) is 5.31. The first-order chi connectivity index (χ1) is 11.6. The first kappa shape index (κ1) is 19.5. The van der Waals surface area contributed by atoms with Crippen molar-refractivity contribution in [2.45, 2.75) is 46.7 Å². The van der Waals surface area contributed by atoms with E-state index in [-0.39, 0.29) is 18.0 Å². The van der Waals surface area contributed by atoms with Crippen molar-refractivity contribution >= 4 is 28.5 Å². The summed E-state index contributed by atoms with van der Waals surface area (Å²) >= 11 is 6.23. The lowest BCUT2D eigenvalue weighted by molar-refractivity contribution is -0.123. The van der Waals surface area contributed by atoms with Gasteiger partial charge in [0.2, 0.25) is 5.91 Å². The zero-order valence-corrected chi connectivity index (χ0v) is 16.2. The van der Waals surface area contributed by atoms with Crippen molar-refractivity contribution in [3.05, 3.63) is 44.8 Å². The minimum atomic E-state index is -0.403. The highest BCUT2D eigenvalue weighted by atomic mass is 35.5. The lowest BCUT2D eigenvalue weighted by Gasteiger charge is -2.25. The molecule has 0 aliphatic rings. The van der Waals surface area contributed by atoms with Crippen LogP contribution in [0.25, 0.3) is 11.0 Å². The summed E-state index contributed by atoms with van der Waals surface area (Å²) in [5.41, 5.74) is 1.49. The van der Waals surface area contributed by atoms with Gasteiger partial charge in [-0.25, -0.2) is 4.79 Å². The van der Waals surface area contributed by atoms with Crippen molar-refractivity contribution in [2.24, 2.45) is 0 Å². The van der Waals surface area contributed by atoms with Crippen molar-refractivity contribution in [3.63, 3.8) is 0 Å². The van der Waals surface area contributed by atoms with Gasteiger partial charge in [-0.05, 0) is 57.5 Å². The van der Waals surface area contributed by atoms with Crippen LogP contribution in [0.1, 0.15) is 38.8 Å². The third-order valence-electron chi connectivity index (χ3n) is 3.83. The van der Waals surface area contributed by atoms with E-state index in [0.29, 0.717) is 23.7 Å². The van der Waals surface area contributed by atoms with Crippen molar-refractivity contribution < 1.29 is 9.21 Å². The molecule has 2 rings (SSSR count). The molecule has 0 radical (unpaired) electrons. The summed E-state index contributed by atoms with van der Waals surface area (Å²) in [6, 6.07) is 5.05. The van der Waals surface area contributed by atoms with Gasteiger partial charge in [-0.1, -0.05) is 18.5 Å². The molecule has 0 saturated heterocycles. The summed E-state index contributed by atoms with van der Waals surface area (Å²) in [6.07, 6.45) is 0. The molecule has 0 unspecified atom stereocenters. The van der Waals surface area contributed by atoms with Crippen molar-refractivity contribution in [2.75, 3.05) is 13.1 Å². The highest BCUT2D eigenvalue weighted by Gasteiger charge is 2.17. The Morgan fingerprint density at radius 2 is 1.96 bits per heavy atom. The van der Waals surface area contributed by atoms with Gasteiger partial charge in [-0.15, -0.1) is 0 Å². The highest BCUT2D eigenvalue weighted by Crippen LogP contribution is 2.25. The van der Waals surface area contributed by atoms with E-state index in [4.69, 9.17) is 16.0 Å². The molecule has 0 aliphatic heterocycles. The molecule has 2 aromatic rings. The lowest BCUT2D eigenvalue weighted by Crippen LogP contribution is -2.45. The molecular formula is C19H25ClN2O3. The van der Waals surface area contributed by atoms with Crippen LogP contribution in [0.5, 0.6) is 0 Å². The predicted octanol–water partition coefficient (Wildman–Crippen LogP) is 3.49. The fourth-order valence-corrected chi connectivity index (χ4v) is 2.82. The molecule has 5 nitrogen and oxygen atoms in total. The van der Waals surface area contributed by atoms with Crippen LogP contribution < -0.4 is 10.9 Å². The predicted molar refractivity (Wildman–Crippen MR) is 101 cm³/mol. The number of fused-ring (bicyclic) bond motifs is 1. The molecule has 0 atom stereocenters. The average Bonchev–Trinajstić information content (AvgIpc) is 2.46. The number of carbonyl (C=O) groups excluding carboxylic acids is 1. The second kappa shape index (κ2) is 7.58. The number of benzene rings is 1. The van der Waals surface area contributed by atoms with Crippen LogP contribution in [-0.4, -0.2) is 29.4 Å².